The van der Waals surface area contributed by atoms with Gasteiger partial charge in [-0.1, -0.05) is 11.6 Å². The van der Waals surface area contributed by atoms with Crippen molar-refractivity contribution >= 4 is 17.4 Å². The Labute approximate surface area is 110 Å². The summed E-state index contributed by atoms with van der Waals surface area (Å²) in [6.07, 6.45) is 5.71. The Kier molecular flexibility index (Phi) is 2.70. The van der Waals surface area contributed by atoms with Crippen LogP contribution in [0.25, 0.3) is 5.82 Å². The predicted octanol–water partition coefficient (Wildman–Crippen LogP) is 2.54. The van der Waals surface area contributed by atoms with Crippen LogP contribution in [0.4, 0.5) is 5.82 Å². The lowest BCUT2D eigenvalue weighted by atomic mass is 10.3. The van der Waals surface area contributed by atoms with Gasteiger partial charge in [0, 0.05) is 18.5 Å². The fourth-order valence-electron chi connectivity index (χ4n) is 1.93. The van der Waals surface area contributed by atoms with Crippen LogP contribution in [-0.4, -0.2) is 26.8 Å². The third-order valence-corrected chi connectivity index (χ3v) is 3.28. The summed E-state index contributed by atoms with van der Waals surface area (Å²) in [5.41, 5.74) is 0.974. The molecule has 3 rings (SSSR count). The molecule has 18 heavy (non-hydrogen) atoms. The molecule has 0 saturated heterocycles. The zero-order valence-corrected chi connectivity index (χ0v) is 11.1. The average Bonchev–Trinajstić information content (AvgIpc) is 3.12. The van der Waals surface area contributed by atoms with E-state index in [4.69, 9.17) is 11.6 Å². The van der Waals surface area contributed by atoms with E-state index < -0.39 is 0 Å². The molecule has 2 heterocycles. The Balaban J connectivity index is 2.14. The fraction of sp³-hybridized carbons (Fsp3) is 0.417. The van der Waals surface area contributed by atoms with Crippen LogP contribution in [0.5, 0.6) is 0 Å². The standard InChI is InChI=1S/C12H14ClN5/c1-7-10(14-2)16-11(8-3-4-8)17-12(7)18-6-9(13)5-15-18/h5-6,8H,3-4H2,1-2H3,(H,14,16,17). The van der Waals surface area contributed by atoms with Crippen molar-refractivity contribution in [1.29, 1.82) is 0 Å². The second-order valence-corrected chi connectivity index (χ2v) is 4.94. The molecule has 5 nitrogen and oxygen atoms in total. The molecule has 1 aliphatic rings. The van der Waals surface area contributed by atoms with Gasteiger partial charge in [0.1, 0.15) is 11.6 Å². The summed E-state index contributed by atoms with van der Waals surface area (Å²) in [7, 11) is 1.87. The highest BCUT2D eigenvalue weighted by Gasteiger charge is 2.28. The maximum absolute atomic E-state index is 5.91. The van der Waals surface area contributed by atoms with Crippen molar-refractivity contribution in [2.24, 2.45) is 0 Å². The summed E-state index contributed by atoms with van der Waals surface area (Å²) in [4.78, 5) is 9.17. The van der Waals surface area contributed by atoms with E-state index in [0.717, 1.165) is 23.0 Å². The van der Waals surface area contributed by atoms with E-state index in [1.807, 2.05) is 14.0 Å². The molecule has 0 atom stereocenters. The Morgan fingerprint density at radius 1 is 1.39 bits per heavy atom. The van der Waals surface area contributed by atoms with Crippen molar-refractivity contribution in [1.82, 2.24) is 19.7 Å². The third-order valence-electron chi connectivity index (χ3n) is 3.08. The molecule has 0 unspecified atom stereocenters. The molecule has 0 spiro atoms. The summed E-state index contributed by atoms with van der Waals surface area (Å²) >= 11 is 5.91. The van der Waals surface area contributed by atoms with Crippen LogP contribution in [0.2, 0.25) is 5.02 Å². The van der Waals surface area contributed by atoms with E-state index in [9.17, 15) is 0 Å². The Hall–Kier alpha value is -1.62. The number of nitrogens with one attached hydrogen (secondary N) is 1. The van der Waals surface area contributed by atoms with Crippen LogP contribution in [0.15, 0.2) is 12.4 Å². The lowest BCUT2D eigenvalue weighted by molar-refractivity contribution is 0.801. The zero-order chi connectivity index (χ0) is 12.7. The Morgan fingerprint density at radius 2 is 2.17 bits per heavy atom. The van der Waals surface area contributed by atoms with Crippen LogP contribution in [0, 0.1) is 6.92 Å². The van der Waals surface area contributed by atoms with Gasteiger partial charge in [-0.3, -0.25) is 0 Å². The van der Waals surface area contributed by atoms with E-state index in [0.29, 0.717) is 10.9 Å². The van der Waals surface area contributed by atoms with Crippen molar-refractivity contribution in [2.45, 2.75) is 25.7 Å². The molecule has 94 valence electrons. The molecule has 2 aromatic rings. The molecule has 0 aliphatic heterocycles. The summed E-state index contributed by atoms with van der Waals surface area (Å²) in [5.74, 6) is 3.05. The summed E-state index contributed by atoms with van der Waals surface area (Å²) in [6.45, 7) is 1.98. The van der Waals surface area contributed by atoms with Gasteiger partial charge in [-0.15, -0.1) is 0 Å². The molecule has 6 heteroatoms. The minimum atomic E-state index is 0.502. The quantitative estimate of drug-likeness (QED) is 0.925. The van der Waals surface area contributed by atoms with E-state index in [1.165, 1.54) is 12.8 Å². The first-order chi connectivity index (χ1) is 8.69. The molecular formula is C12H14ClN5. The van der Waals surface area contributed by atoms with Crippen LogP contribution < -0.4 is 5.32 Å². The molecule has 0 bridgehead atoms. The lowest BCUT2D eigenvalue weighted by Gasteiger charge is -2.11. The monoisotopic (exact) mass is 263 g/mol. The number of hydrogen-bond donors (Lipinski definition) is 1. The third kappa shape index (κ3) is 1.95. The van der Waals surface area contributed by atoms with E-state index in [2.05, 4.69) is 20.4 Å². The highest BCUT2D eigenvalue weighted by molar-refractivity contribution is 6.30. The number of halogens is 1. The van der Waals surface area contributed by atoms with Crippen LogP contribution in [-0.2, 0) is 0 Å². The first-order valence-electron chi connectivity index (χ1n) is 5.96. The highest BCUT2D eigenvalue weighted by atomic mass is 35.5. The Bertz CT molecular complexity index is 588. The van der Waals surface area contributed by atoms with Crippen molar-refractivity contribution in [2.75, 3.05) is 12.4 Å². The summed E-state index contributed by atoms with van der Waals surface area (Å²) < 4.78 is 1.70. The highest BCUT2D eigenvalue weighted by Crippen LogP contribution is 2.39. The predicted molar refractivity (Wildman–Crippen MR) is 70.4 cm³/mol. The van der Waals surface area contributed by atoms with Crippen LogP contribution in [0.1, 0.15) is 30.1 Å². The molecule has 1 fully saturated rings. The molecule has 0 radical (unpaired) electrons. The van der Waals surface area contributed by atoms with Crippen molar-refractivity contribution in [3.8, 4) is 5.82 Å². The van der Waals surface area contributed by atoms with E-state index in [-0.39, 0.29) is 0 Å². The van der Waals surface area contributed by atoms with Crippen molar-refractivity contribution in [3.05, 3.63) is 28.8 Å². The first kappa shape index (κ1) is 11.5. The zero-order valence-electron chi connectivity index (χ0n) is 10.3. The first-order valence-corrected chi connectivity index (χ1v) is 6.33. The van der Waals surface area contributed by atoms with Crippen molar-refractivity contribution < 1.29 is 0 Å². The lowest BCUT2D eigenvalue weighted by Crippen LogP contribution is -2.09. The van der Waals surface area contributed by atoms with Gasteiger partial charge in [-0.2, -0.15) is 5.10 Å². The smallest absolute Gasteiger partial charge is 0.162 e. The maximum atomic E-state index is 5.91. The molecule has 1 aliphatic carbocycles. The van der Waals surface area contributed by atoms with Crippen LogP contribution in [0.3, 0.4) is 0 Å². The minimum absolute atomic E-state index is 0.502. The molecular weight excluding hydrogens is 250 g/mol. The van der Waals surface area contributed by atoms with E-state index in [1.54, 1.807) is 17.1 Å². The van der Waals surface area contributed by atoms with Gasteiger partial charge < -0.3 is 5.32 Å². The van der Waals surface area contributed by atoms with Gasteiger partial charge in [-0.25, -0.2) is 14.6 Å². The van der Waals surface area contributed by atoms with Gasteiger partial charge in [-0.05, 0) is 19.8 Å². The van der Waals surface area contributed by atoms with Gasteiger partial charge >= 0.3 is 0 Å². The Morgan fingerprint density at radius 3 is 2.72 bits per heavy atom. The molecule has 0 aromatic carbocycles. The molecule has 2 aromatic heterocycles. The normalized spacial score (nSPS) is 14.8. The largest absolute Gasteiger partial charge is 0.373 e. The minimum Gasteiger partial charge on any atom is -0.373 e. The second kappa shape index (κ2) is 4.24. The van der Waals surface area contributed by atoms with Gasteiger partial charge in [0.25, 0.3) is 0 Å². The number of hydrogen-bond acceptors (Lipinski definition) is 4. The molecule has 1 N–H and O–H groups in total. The SMILES string of the molecule is CNc1nc(C2CC2)nc(-n2cc(Cl)cn2)c1C. The van der Waals surface area contributed by atoms with E-state index >= 15 is 0 Å². The van der Waals surface area contributed by atoms with Crippen LogP contribution >= 0.6 is 11.6 Å². The summed E-state index contributed by atoms with van der Waals surface area (Å²) in [6, 6.07) is 0. The number of aromatic nitrogens is 4. The topological polar surface area (TPSA) is 55.6 Å². The number of rotatable bonds is 3. The van der Waals surface area contributed by atoms with Gasteiger partial charge in [0.2, 0.25) is 0 Å². The van der Waals surface area contributed by atoms with Crippen molar-refractivity contribution in [3.63, 3.8) is 0 Å². The fourth-order valence-corrected chi connectivity index (χ4v) is 2.06. The number of nitrogens with zero attached hydrogens (tertiary/aromatic N) is 4. The van der Waals surface area contributed by atoms with Gasteiger partial charge in [0.15, 0.2) is 5.82 Å². The molecule has 1 saturated carbocycles. The number of anilines is 1. The van der Waals surface area contributed by atoms with Gasteiger partial charge in [0.05, 0.1) is 17.4 Å². The average molecular weight is 264 g/mol. The summed E-state index contributed by atoms with van der Waals surface area (Å²) in [5, 5.41) is 7.92. The maximum Gasteiger partial charge on any atom is 0.162 e. The second-order valence-electron chi connectivity index (χ2n) is 4.51. The molecule has 0 amide bonds.